The van der Waals surface area contributed by atoms with Crippen molar-refractivity contribution < 1.29 is 4.74 Å². The Morgan fingerprint density at radius 3 is 2.85 bits per heavy atom. The monoisotopic (exact) mass is 348 g/mol. The highest BCUT2D eigenvalue weighted by atomic mass is 16.5. The predicted molar refractivity (Wildman–Crippen MR) is 102 cm³/mol. The zero-order valence-electron chi connectivity index (χ0n) is 15.5. The van der Waals surface area contributed by atoms with Gasteiger partial charge in [-0.1, -0.05) is 24.3 Å². The maximum atomic E-state index is 5.79. The summed E-state index contributed by atoms with van der Waals surface area (Å²) in [5, 5.41) is 8.29. The Morgan fingerprint density at radius 2 is 2.04 bits per heavy atom. The van der Waals surface area contributed by atoms with Crippen LogP contribution in [0, 0.1) is 6.92 Å². The van der Waals surface area contributed by atoms with Gasteiger partial charge in [-0.05, 0) is 38.0 Å². The van der Waals surface area contributed by atoms with Crippen LogP contribution in [0.3, 0.4) is 0 Å². The lowest BCUT2D eigenvalue weighted by atomic mass is 10.0. The first-order valence-electron chi connectivity index (χ1n) is 9.07. The first kappa shape index (κ1) is 16.8. The second kappa shape index (κ2) is 6.92. The van der Waals surface area contributed by atoms with Gasteiger partial charge in [0.15, 0.2) is 0 Å². The van der Waals surface area contributed by atoms with Crippen LogP contribution in [-0.2, 0) is 19.6 Å². The zero-order valence-corrected chi connectivity index (χ0v) is 15.5. The molecule has 0 aliphatic carbocycles. The van der Waals surface area contributed by atoms with Gasteiger partial charge in [0.1, 0.15) is 5.75 Å². The van der Waals surface area contributed by atoms with Gasteiger partial charge in [0.05, 0.1) is 30.2 Å². The summed E-state index contributed by atoms with van der Waals surface area (Å²) in [5.41, 5.74) is 7.25. The van der Waals surface area contributed by atoms with E-state index in [1.54, 1.807) is 6.20 Å². The van der Waals surface area contributed by atoms with Crippen LogP contribution in [0.25, 0.3) is 11.3 Å². The summed E-state index contributed by atoms with van der Waals surface area (Å²) >= 11 is 0. The average Bonchev–Trinajstić information content (AvgIpc) is 3.16. The molecule has 2 aromatic heterocycles. The Hall–Kier alpha value is -2.66. The molecule has 0 fully saturated rings. The van der Waals surface area contributed by atoms with Crippen LogP contribution < -0.4 is 10.1 Å². The summed E-state index contributed by atoms with van der Waals surface area (Å²) in [6, 6.07) is 10.6. The molecule has 3 heterocycles. The fraction of sp³-hybridized carbons (Fsp3) is 0.333. The number of hydrogen-bond acceptors (Lipinski definition) is 4. The highest BCUT2D eigenvalue weighted by Gasteiger charge is 2.23. The molecular formula is C21H24N4O. The fourth-order valence-electron chi connectivity index (χ4n) is 3.50. The van der Waals surface area contributed by atoms with Gasteiger partial charge in [-0.15, -0.1) is 0 Å². The van der Waals surface area contributed by atoms with Gasteiger partial charge in [0, 0.05) is 30.4 Å². The number of pyridine rings is 1. The second-order valence-corrected chi connectivity index (χ2v) is 7.05. The summed E-state index contributed by atoms with van der Waals surface area (Å²) < 4.78 is 7.90. The molecule has 0 spiro atoms. The molecule has 0 radical (unpaired) electrons. The van der Waals surface area contributed by atoms with Crippen LogP contribution in [0.1, 0.15) is 36.2 Å². The number of fused-ring (bicyclic) bond motifs is 1. The topological polar surface area (TPSA) is 52.0 Å². The van der Waals surface area contributed by atoms with Crippen molar-refractivity contribution in [1.29, 1.82) is 0 Å². The second-order valence-electron chi connectivity index (χ2n) is 7.05. The average molecular weight is 348 g/mol. The molecule has 0 amide bonds. The molecule has 1 N–H and O–H groups in total. The largest absolute Gasteiger partial charge is 0.489 e. The van der Waals surface area contributed by atoms with Gasteiger partial charge in [-0.25, -0.2) is 0 Å². The van der Waals surface area contributed by atoms with E-state index in [-0.39, 0.29) is 6.10 Å². The standard InChI is InChI=1S/C21H24N4O/c1-14(2)26-17-8-16(9-22-10-17)13-25-21(18-7-5-4-6-15(18)3)19-11-23-12-20(19)24-25/h4-10,14,23H,11-13H2,1-3H3. The normalized spacial score (nSPS) is 13.2. The minimum atomic E-state index is 0.133. The minimum absolute atomic E-state index is 0.133. The van der Waals surface area contributed by atoms with Gasteiger partial charge >= 0.3 is 0 Å². The van der Waals surface area contributed by atoms with Crippen LogP contribution in [0.4, 0.5) is 0 Å². The Labute approximate surface area is 154 Å². The molecule has 0 saturated heterocycles. The van der Waals surface area contributed by atoms with Crippen LogP contribution in [0.2, 0.25) is 0 Å². The summed E-state index contributed by atoms with van der Waals surface area (Å²) in [6.07, 6.45) is 3.78. The number of rotatable bonds is 5. The Bertz CT molecular complexity index is 930. The van der Waals surface area contributed by atoms with Crippen molar-refractivity contribution in [2.24, 2.45) is 0 Å². The van der Waals surface area contributed by atoms with E-state index in [0.29, 0.717) is 6.54 Å². The Balaban J connectivity index is 1.73. The van der Waals surface area contributed by atoms with E-state index in [9.17, 15) is 0 Å². The van der Waals surface area contributed by atoms with Gasteiger partial charge in [0.2, 0.25) is 0 Å². The lowest BCUT2D eigenvalue weighted by molar-refractivity contribution is 0.241. The number of nitrogens with one attached hydrogen (secondary N) is 1. The first-order chi connectivity index (χ1) is 12.6. The maximum absolute atomic E-state index is 5.79. The molecule has 0 atom stereocenters. The molecule has 0 bridgehead atoms. The molecule has 3 aromatic rings. The van der Waals surface area contributed by atoms with E-state index in [1.165, 1.54) is 22.4 Å². The van der Waals surface area contributed by atoms with Crippen molar-refractivity contribution in [2.75, 3.05) is 0 Å². The van der Waals surface area contributed by atoms with Gasteiger partial charge in [-0.3, -0.25) is 9.67 Å². The SMILES string of the molecule is Cc1ccccc1-c1c2c(nn1Cc1cncc(OC(C)C)c1)CNC2. The minimum Gasteiger partial charge on any atom is -0.489 e. The maximum Gasteiger partial charge on any atom is 0.138 e. The molecule has 4 rings (SSSR count). The van der Waals surface area contributed by atoms with Gasteiger partial charge in [-0.2, -0.15) is 5.10 Å². The van der Waals surface area contributed by atoms with E-state index in [4.69, 9.17) is 9.84 Å². The van der Waals surface area contributed by atoms with Crippen molar-refractivity contribution >= 4 is 0 Å². The zero-order chi connectivity index (χ0) is 18.1. The molecule has 5 nitrogen and oxygen atoms in total. The lowest BCUT2D eigenvalue weighted by Crippen LogP contribution is -2.11. The number of hydrogen-bond donors (Lipinski definition) is 1. The van der Waals surface area contributed by atoms with Crippen molar-refractivity contribution in [2.45, 2.75) is 46.5 Å². The van der Waals surface area contributed by atoms with Crippen LogP contribution >= 0.6 is 0 Å². The molecule has 1 aromatic carbocycles. The van der Waals surface area contributed by atoms with Crippen molar-refractivity contribution in [1.82, 2.24) is 20.1 Å². The number of nitrogens with zero attached hydrogens (tertiary/aromatic N) is 3. The molecule has 134 valence electrons. The summed E-state index contributed by atoms with van der Waals surface area (Å²) in [4.78, 5) is 4.34. The number of benzene rings is 1. The molecule has 1 aliphatic rings. The van der Waals surface area contributed by atoms with E-state index in [1.807, 2.05) is 20.0 Å². The lowest BCUT2D eigenvalue weighted by Gasteiger charge is -2.13. The number of aryl methyl sites for hydroxylation is 1. The quantitative estimate of drug-likeness (QED) is 0.764. The molecule has 5 heteroatoms. The van der Waals surface area contributed by atoms with Gasteiger partial charge < -0.3 is 10.1 Å². The third-order valence-electron chi connectivity index (χ3n) is 4.60. The van der Waals surface area contributed by atoms with E-state index in [0.717, 1.165) is 30.1 Å². The van der Waals surface area contributed by atoms with Crippen LogP contribution in [-0.4, -0.2) is 20.9 Å². The third kappa shape index (κ3) is 3.22. The Kier molecular flexibility index (Phi) is 4.47. The van der Waals surface area contributed by atoms with Crippen molar-refractivity contribution in [3.8, 4) is 17.0 Å². The summed E-state index contributed by atoms with van der Waals surface area (Å²) in [6.45, 7) is 8.57. The highest BCUT2D eigenvalue weighted by Crippen LogP contribution is 2.32. The van der Waals surface area contributed by atoms with Crippen LogP contribution in [0.15, 0.2) is 42.7 Å². The van der Waals surface area contributed by atoms with Crippen molar-refractivity contribution in [3.63, 3.8) is 0 Å². The smallest absolute Gasteiger partial charge is 0.138 e. The summed E-state index contributed by atoms with van der Waals surface area (Å²) in [5.74, 6) is 0.802. The number of aromatic nitrogens is 3. The predicted octanol–water partition coefficient (Wildman–Crippen LogP) is 3.69. The number of ether oxygens (including phenoxy) is 1. The van der Waals surface area contributed by atoms with E-state index < -0.39 is 0 Å². The van der Waals surface area contributed by atoms with Crippen molar-refractivity contribution in [3.05, 3.63) is 65.1 Å². The fourth-order valence-corrected chi connectivity index (χ4v) is 3.50. The molecule has 26 heavy (non-hydrogen) atoms. The molecule has 0 saturated carbocycles. The molecule has 1 aliphatic heterocycles. The molecule has 0 unspecified atom stereocenters. The van der Waals surface area contributed by atoms with Crippen LogP contribution in [0.5, 0.6) is 5.75 Å². The first-order valence-corrected chi connectivity index (χ1v) is 9.07. The molecular weight excluding hydrogens is 324 g/mol. The van der Waals surface area contributed by atoms with Gasteiger partial charge in [0.25, 0.3) is 0 Å². The third-order valence-corrected chi connectivity index (χ3v) is 4.60. The van der Waals surface area contributed by atoms with E-state index >= 15 is 0 Å². The Morgan fingerprint density at radius 1 is 1.19 bits per heavy atom. The summed E-state index contributed by atoms with van der Waals surface area (Å²) in [7, 11) is 0. The highest BCUT2D eigenvalue weighted by molar-refractivity contribution is 5.68. The van der Waals surface area contributed by atoms with E-state index in [2.05, 4.69) is 52.2 Å².